The van der Waals surface area contributed by atoms with Crippen LogP contribution in [0.15, 0.2) is 24.3 Å². The Balaban J connectivity index is 2.03. The number of rotatable bonds is 7. The molecule has 2 rings (SSSR count). The lowest BCUT2D eigenvalue weighted by Crippen LogP contribution is -2.38. The Bertz CT molecular complexity index is 521. The number of hydrogen-bond donors (Lipinski definition) is 3. The number of aliphatic carboxylic acids is 1. The lowest BCUT2D eigenvalue weighted by molar-refractivity contribution is -0.136. The van der Waals surface area contributed by atoms with Gasteiger partial charge in [-0.05, 0) is 12.1 Å². The van der Waals surface area contributed by atoms with Crippen molar-refractivity contribution in [2.75, 3.05) is 43.4 Å². The van der Waals surface area contributed by atoms with E-state index in [4.69, 9.17) is 10.8 Å². The third-order valence-electron chi connectivity index (χ3n) is 3.46. The smallest absolute Gasteiger partial charge is 0.317 e. The van der Waals surface area contributed by atoms with E-state index in [9.17, 15) is 9.59 Å². The highest BCUT2D eigenvalue weighted by Crippen LogP contribution is 2.22. The number of carbonyl (C=O) groups is 2. The number of carboxylic acid groups (broad SMARTS) is 1. The van der Waals surface area contributed by atoms with E-state index in [1.807, 2.05) is 23.1 Å². The number of nitrogens with two attached hydrogens (primary N) is 1. The molecule has 21 heavy (non-hydrogen) atoms. The van der Waals surface area contributed by atoms with Crippen LogP contribution >= 0.6 is 0 Å². The van der Waals surface area contributed by atoms with Crippen molar-refractivity contribution in [3.05, 3.63) is 24.3 Å². The van der Waals surface area contributed by atoms with Gasteiger partial charge in [-0.15, -0.1) is 0 Å². The van der Waals surface area contributed by atoms with E-state index in [1.165, 1.54) is 0 Å². The summed E-state index contributed by atoms with van der Waals surface area (Å²) in [4.78, 5) is 26.0. The first-order valence-corrected chi connectivity index (χ1v) is 6.92. The van der Waals surface area contributed by atoms with E-state index >= 15 is 0 Å². The van der Waals surface area contributed by atoms with Gasteiger partial charge in [0.25, 0.3) is 0 Å². The van der Waals surface area contributed by atoms with Gasteiger partial charge in [0, 0.05) is 32.7 Å². The van der Waals surface area contributed by atoms with Crippen LogP contribution in [0.25, 0.3) is 0 Å². The second kappa shape index (κ2) is 6.83. The van der Waals surface area contributed by atoms with Crippen molar-refractivity contribution in [1.82, 2.24) is 10.2 Å². The maximum atomic E-state index is 11.5. The maximum Gasteiger partial charge on any atom is 0.317 e. The number of nitrogen functional groups attached to an aromatic ring is 1. The highest BCUT2D eigenvalue weighted by atomic mass is 16.4. The van der Waals surface area contributed by atoms with Gasteiger partial charge in [0.2, 0.25) is 0 Å². The predicted octanol–water partition coefficient (Wildman–Crippen LogP) is 0.575. The number of benzene rings is 1. The summed E-state index contributed by atoms with van der Waals surface area (Å²) < 4.78 is 0. The zero-order valence-electron chi connectivity index (χ0n) is 11.8. The number of amides is 2. The molecule has 0 saturated carbocycles. The molecule has 0 spiro atoms. The Morgan fingerprint density at radius 1 is 1.38 bits per heavy atom. The standard InChI is InChI=1S/C14H20N4O3/c15-11-3-1-2-4-12(11)17(7-5-13(19)20)9-10-18-8-6-16-14(18)21/h1-4H,5-10,15H2,(H,16,21)(H,19,20). The highest BCUT2D eigenvalue weighted by molar-refractivity contribution is 5.76. The van der Waals surface area contributed by atoms with Crippen LogP contribution in [0.3, 0.4) is 0 Å². The van der Waals surface area contributed by atoms with Gasteiger partial charge in [0.15, 0.2) is 0 Å². The second-order valence-corrected chi connectivity index (χ2v) is 4.91. The molecule has 1 saturated heterocycles. The quantitative estimate of drug-likeness (QED) is 0.638. The van der Waals surface area contributed by atoms with E-state index in [-0.39, 0.29) is 12.5 Å². The normalized spacial score (nSPS) is 14.1. The molecule has 1 aromatic rings. The Labute approximate surface area is 123 Å². The van der Waals surface area contributed by atoms with E-state index in [1.54, 1.807) is 11.0 Å². The van der Waals surface area contributed by atoms with Crippen LogP contribution in [0, 0.1) is 0 Å². The number of para-hydroxylation sites is 2. The van der Waals surface area contributed by atoms with Gasteiger partial charge in [0.1, 0.15) is 0 Å². The van der Waals surface area contributed by atoms with Gasteiger partial charge in [-0.25, -0.2) is 4.79 Å². The predicted molar refractivity (Wildman–Crippen MR) is 80.3 cm³/mol. The van der Waals surface area contributed by atoms with Crippen molar-refractivity contribution in [2.45, 2.75) is 6.42 Å². The Morgan fingerprint density at radius 3 is 2.76 bits per heavy atom. The molecule has 0 aliphatic carbocycles. The van der Waals surface area contributed by atoms with Crippen molar-refractivity contribution in [3.8, 4) is 0 Å². The Kier molecular flexibility index (Phi) is 4.86. The molecule has 114 valence electrons. The zero-order valence-corrected chi connectivity index (χ0v) is 11.8. The van der Waals surface area contributed by atoms with Crippen LogP contribution in [0.1, 0.15) is 6.42 Å². The van der Waals surface area contributed by atoms with Gasteiger partial charge in [-0.1, -0.05) is 12.1 Å². The first-order valence-electron chi connectivity index (χ1n) is 6.92. The highest BCUT2D eigenvalue weighted by Gasteiger charge is 2.20. The summed E-state index contributed by atoms with van der Waals surface area (Å²) in [5.74, 6) is -0.853. The van der Waals surface area contributed by atoms with E-state index in [0.717, 1.165) is 5.69 Å². The summed E-state index contributed by atoms with van der Waals surface area (Å²) in [7, 11) is 0. The summed E-state index contributed by atoms with van der Waals surface area (Å²) in [6, 6.07) is 7.27. The molecule has 0 bridgehead atoms. The summed E-state index contributed by atoms with van der Waals surface area (Å²) in [6.45, 7) is 2.78. The molecule has 0 aromatic heterocycles. The van der Waals surface area contributed by atoms with Crippen LogP contribution in [0.5, 0.6) is 0 Å². The minimum atomic E-state index is -0.853. The fourth-order valence-electron chi connectivity index (χ4n) is 2.32. The Hall–Kier alpha value is -2.44. The van der Waals surface area contributed by atoms with Gasteiger partial charge >= 0.3 is 12.0 Å². The molecule has 7 nitrogen and oxygen atoms in total. The number of nitrogens with one attached hydrogen (secondary N) is 1. The lowest BCUT2D eigenvalue weighted by atomic mass is 10.2. The SMILES string of the molecule is Nc1ccccc1N(CCC(=O)O)CCN1CCNC1=O. The van der Waals surface area contributed by atoms with Gasteiger partial charge in [-0.2, -0.15) is 0 Å². The molecule has 4 N–H and O–H groups in total. The van der Waals surface area contributed by atoms with Crippen LogP contribution < -0.4 is 16.0 Å². The van der Waals surface area contributed by atoms with Gasteiger partial charge in [-0.3, -0.25) is 4.79 Å². The van der Waals surface area contributed by atoms with Crippen LogP contribution in [0.4, 0.5) is 16.2 Å². The molecule has 1 heterocycles. The largest absolute Gasteiger partial charge is 0.481 e. The fourth-order valence-corrected chi connectivity index (χ4v) is 2.32. The van der Waals surface area contributed by atoms with Crippen molar-refractivity contribution in [2.24, 2.45) is 0 Å². The molecule has 1 aliphatic heterocycles. The average molecular weight is 292 g/mol. The van der Waals surface area contributed by atoms with Crippen molar-refractivity contribution < 1.29 is 14.7 Å². The van der Waals surface area contributed by atoms with Gasteiger partial charge in [0.05, 0.1) is 17.8 Å². The van der Waals surface area contributed by atoms with Crippen LogP contribution in [0.2, 0.25) is 0 Å². The molecule has 1 aromatic carbocycles. The molecule has 1 fully saturated rings. The van der Waals surface area contributed by atoms with E-state index in [2.05, 4.69) is 5.32 Å². The van der Waals surface area contributed by atoms with Crippen molar-refractivity contribution in [1.29, 1.82) is 0 Å². The van der Waals surface area contributed by atoms with E-state index in [0.29, 0.717) is 38.4 Å². The third kappa shape index (κ3) is 4.01. The monoisotopic (exact) mass is 292 g/mol. The molecule has 0 atom stereocenters. The molecule has 0 unspecified atom stereocenters. The molecular formula is C14H20N4O3. The minimum absolute atomic E-state index is 0.0283. The maximum absolute atomic E-state index is 11.5. The third-order valence-corrected chi connectivity index (χ3v) is 3.46. The van der Waals surface area contributed by atoms with E-state index < -0.39 is 5.97 Å². The van der Waals surface area contributed by atoms with Crippen molar-refractivity contribution in [3.63, 3.8) is 0 Å². The summed E-state index contributed by atoms with van der Waals surface area (Å²) >= 11 is 0. The van der Waals surface area contributed by atoms with Crippen molar-refractivity contribution >= 4 is 23.4 Å². The Morgan fingerprint density at radius 2 is 2.14 bits per heavy atom. The summed E-state index contributed by atoms with van der Waals surface area (Å²) in [5, 5.41) is 11.6. The van der Waals surface area contributed by atoms with Crippen LogP contribution in [-0.4, -0.2) is 54.7 Å². The number of anilines is 2. The topological polar surface area (TPSA) is 98.9 Å². The second-order valence-electron chi connectivity index (χ2n) is 4.91. The van der Waals surface area contributed by atoms with Gasteiger partial charge < -0.3 is 26.0 Å². The first kappa shape index (κ1) is 15.0. The molecule has 7 heteroatoms. The average Bonchev–Trinajstić information content (AvgIpc) is 2.85. The molecule has 0 radical (unpaired) electrons. The fraction of sp³-hybridized carbons (Fsp3) is 0.429. The summed E-state index contributed by atoms with van der Waals surface area (Å²) in [5.41, 5.74) is 7.37. The minimum Gasteiger partial charge on any atom is -0.481 e. The lowest BCUT2D eigenvalue weighted by Gasteiger charge is -2.27. The molecule has 1 aliphatic rings. The number of hydrogen-bond acceptors (Lipinski definition) is 4. The van der Waals surface area contributed by atoms with Crippen LogP contribution in [-0.2, 0) is 4.79 Å². The molecular weight excluding hydrogens is 272 g/mol. The first-order chi connectivity index (χ1) is 10.1. The number of urea groups is 1. The molecule has 2 amide bonds. The summed E-state index contributed by atoms with van der Waals surface area (Å²) in [6.07, 6.45) is 0.0283. The number of carboxylic acids is 1. The number of carbonyl (C=O) groups excluding carboxylic acids is 1. The zero-order chi connectivity index (χ0) is 15.2. The number of nitrogens with zero attached hydrogens (tertiary/aromatic N) is 2.